The molecule has 7 nitrogen and oxygen atoms in total. The summed E-state index contributed by atoms with van der Waals surface area (Å²) in [7, 11) is -3.38. The highest BCUT2D eigenvalue weighted by Crippen LogP contribution is 2.45. The molecule has 236 valence electrons. The van der Waals surface area contributed by atoms with Gasteiger partial charge >= 0.3 is 5.97 Å². The van der Waals surface area contributed by atoms with Gasteiger partial charge in [0, 0.05) is 29.9 Å². The molecule has 5 rings (SSSR count). The van der Waals surface area contributed by atoms with E-state index >= 15 is 0 Å². The van der Waals surface area contributed by atoms with Crippen LogP contribution < -0.4 is 5.32 Å². The van der Waals surface area contributed by atoms with Crippen molar-refractivity contribution in [1.29, 1.82) is 0 Å². The van der Waals surface area contributed by atoms with E-state index in [4.69, 9.17) is 0 Å². The first kappa shape index (κ1) is 33.4. The van der Waals surface area contributed by atoms with Crippen molar-refractivity contribution >= 4 is 21.7 Å². The minimum atomic E-state index is -3.38. The Bertz CT molecular complexity index is 1560. The minimum Gasteiger partial charge on any atom is -0.480 e. The second-order valence-electron chi connectivity index (χ2n) is 12.4. The molecule has 1 amide bonds. The normalized spacial score (nSPS) is 16.7. The molecule has 0 unspecified atom stereocenters. The number of nitrogens with zero attached hydrogens (tertiary/aromatic N) is 1. The highest BCUT2D eigenvalue weighted by Gasteiger charge is 2.45. The van der Waals surface area contributed by atoms with Gasteiger partial charge in [-0.25, -0.2) is 13.2 Å². The molecule has 8 heteroatoms. The highest BCUT2D eigenvalue weighted by molar-refractivity contribution is 7.90. The number of benzene rings is 3. The Labute approximate surface area is 262 Å². The molecule has 0 saturated heterocycles. The van der Waals surface area contributed by atoms with Crippen LogP contribution in [0.1, 0.15) is 79.4 Å². The zero-order valence-electron chi connectivity index (χ0n) is 25.1. The van der Waals surface area contributed by atoms with Crippen LogP contribution in [-0.4, -0.2) is 59.9 Å². The molecule has 2 aliphatic carbocycles. The van der Waals surface area contributed by atoms with Crippen LogP contribution in [0.2, 0.25) is 0 Å². The van der Waals surface area contributed by atoms with Crippen LogP contribution in [0.25, 0.3) is 11.1 Å². The van der Waals surface area contributed by atoms with Crippen molar-refractivity contribution in [3.8, 4) is 11.1 Å². The van der Waals surface area contributed by atoms with E-state index in [1.54, 1.807) is 6.07 Å². The van der Waals surface area contributed by atoms with Crippen molar-refractivity contribution in [2.24, 2.45) is 0 Å². The molecule has 3 aromatic carbocycles. The van der Waals surface area contributed by atoms with Crippen LogP contribution in [0.3, 0.4) is 0 Å². The van der Waals surface area contributed by atoms with Gasteiger partial charge in [-0.2, -0.15) is 0 Å². The summed E-state index contributed by atoms with van der Waals surface area (Å²) in [5, 5.41) is 12.3. The number of carboxylic acids is 1. The minimum absolute atomic E-state index is 0. The van der Waals surface area contributed by atoms with Crippen molar-refractivity contribution in [2.75, 3.05) is 12.0 Å². The third-order valence-corrected chi connectivity index (χ3v) is 9.98. The maximum absolute atomic E-state index is 13.6. The van der Waals surface area contributed by atoms with E-state index in [1.807, 2.05) is 37.3 Å². The van der Waals surface area contributed by atoms with Gasteiger partial charge in [-0.15, -0.1) is 0 Å². The fraction of sp³-hybridized carbons (Fsp3) is 0.444. The quantitative estimate of drug-likeness (QED) is 0.229. The molecule has 0 aliphatic heterocycles. The van der Waals surface area contributed by atoms with Gasteiger partial charge in [0.1, 0.15) is 15.9 Å². The van der Waals surface area contributed by atoms with Gasteiger partial charge in [-0.3, -0.25) is 9.69 Å². The second-order valence-corrected chi connectivity index (χ2v) is 14.7. The summed E-state index contributed by atoms with van der Waals surface area (Å²) < 4.78 is 23.4. The van der Waals surface area contributed by atoms with Gasteiger partial charge in [0.15, 0.2) is 0 Å². The first-order chi connectivity index (χ1) is 20.5. The molecule has 2 aliphatic rings. The van der Waals surface area contributed by atoms with Crippen LogP contribution in [-0.2, 0) is 27.6 Å². The number of sulfone groups is 1. The molecule has 2 fully saturated rings. The lowest BCUT2D eigenvalue weighted by Crippen LogP contribution is -2.49. The predicted molar refractivity (Wildman–Crippen MR) is 176 cm³/mol. The number of carbonyl (C=O) groups excluding carboxylic acids is 1. The number of rotatable bonds is 13. The van der Waals surface area contributed by atoms with Gasteiger partial charge in [0.2, 0.25) is 0 Å². The van der Waals surface area contributed by atoms with Crippen LogP contribution >= 0.6 is 0 Å². The molecular formula is C36H46N2O5S. The maximum Gasteiger partial charge on any atom is 0.326 e. The first-order valence-corrected chi connectivity index (χ1v) is 17.3. The summed E-state index contributed by atoms with van der Waals surface area (Å²) >= 11 is 0. The topological polar surface area (TPSA) is 104 Å². The van der Waals surface area contributed by atoms with Gasteiger partial charge in [-0.05, 0) is 85.4 Å². The van der Waals surface area contributed by atoms with Crippen LogP contribution in [0.4, 0.5) is 0 Å². The molecule has 0 heterocycles. The zero-order valence-corrected chi connectivity index (χ0v) is 25.9. The number of nitrogens with one attached hydrogen (secondary N) is 1. The number of carboxylic acid groups (broad SMARTS) is 1. The largest absolute Gasteiger partial charge is 0.480 e. The van der Waals surface area contributed by atoms with E-state index in [1.165, 1.54) is 44.1 Å². The van der Waals surface area contributed by atoms with Gasteiger partial charge in [-0.1, -0.05) is 80.9 Å². The SMILES string of the molecule is C.Cc1ccccc1-c1cc(CN(C2CC2)C2(Cc3ccccc3)CCCC2)ccc1C(=O)N[C@@H](CCS(C)(=O)=O)C(=O)O. The Hall–Kier alpha value is -3.49. The number of amides is 1. The van der Waals surface area contributed by atoms with Crippen molar-refractivity contribution in [3.05, 3.63) is 95.1 Å². The van der Waals surface area contributed by atoms with E-state index in [9.17, 15) is 23.1 Å². The molecule has 2 N–H and O–H groups in total. The molecule has 3 aromatic rings. The van der Waals surface area contributed by atoms with Crippen molar-refractivity contribution in [2.45, 2.75) is 89.9 Å². The lowest BCUT2D eigenvalue weighted by atomic mass is 9.86. The second kappa shape index (κ2) is 14.1. The highest BCUT2D eigenvalue weighted by atomic mass is 32.2. The van der Waals surface area contributed by atoms with Crippen LogP contribution in [0.15, 0.2) is 72.8 Å². The van der Waals surface area contributed by atoms with E-state index in [-0.39, 0.29) is 25.1 Å². The van der Waals surface area contributed by atoms with E-state index in [2.05, 4.69) is 46.6 Å². The van der Waals surface area contributed by atoms with Crippen molar-refractivity contribution in [3.63, 3.8) is 0 Å². The van der Waals surface area contributed by atoms with Gasteiger partial charge in [0.25, 0.3) is 5.91 Å². The third-order valence-electron chi connectivity index (χ3n) is 9.00. The molecule has 44 heavy (non-hydrogen) atoms. The number of aliphatic carboxylic acids is 1. The Kier molecular flexibility index (Phi) is 10.7. The number of carbonyl (C=O) groups is 2. The van der Waals surface area contributed by atoms with Gasteiger partial charge in [0.05, 0.1) is 5.75 Å². The summed E-state index contributed by atoms with van der Waals surface area (Å²) in [6.07, 6.45) is 9.10. The summed E-state index contributed by atoms with van der Waals surface area (Å²) in [5.74, 6) is -2.11. The summed E-state index contributed by atoms with van der Waals surface area (Å²) in [6.45, 7) is 2.78. The molecule has 0 aromatic heterocycles. The van der Waals surface area contributed by atoms with Crippen molar-refractivity contribution in [1.82, 2.24) is 10.2 Å². The van der Waals surface area contributed by atoms with Crippen LogP contribution in [0.5, 0.6) is 0 Å². The zero-order chi connectivity index (χ0) is 30.6. The molecule has 2 saturated carbocycles. The summed E-state index contributed by atoms with van der Waals surface area (Å²) in [4.78, 5) is 28.2. The Morgan fingerprint density at radius 1 is 0.955 bits per heavy atom. The predicted octanol–water partition coefficient (Wildman–Crippen LogP) is 6.44. The Balaban J connectivity index is 0.00000442. The molecular weight excluding hydrogens is 572 g/mol. The van der Waals surface area contributed by atoms with Crippen LogP contribution in [0, 0.1) is 6.92 Å². The third kappa shape index (κ3) is 8.16. The molecule has 0 bridgehead atoms. The van der Waals surface area contributed by atoms with E-state index in [0.29, 0.717) is 11.6 Å². The monoisotopic (exact) mass is 618 g/mol. The van der Waals surface area contributed by atoms with Crippen molar-refractivity contribution < 1.29 is 23.1 Å². The van der Waals surface area contributed by atoms with Gasteiger partial charge < -0.3 is 10.4 Å². The summed E-state index contributed by atoms with van der Waals surface area (Å²) in [5.41, 5.74) is 5.64. The fourth-order valence-electron chi connectivity index (χ4n) is 6.65. The average Bonchev–Trinajstić information content (AvgIpc) is 3.71. The van der Waals surface area contributed by atoms with E-state index in [0.717, 1.165) is 41.5 Å². The fourth-order valence-corrected chi connectivity index (χ4v) is 7.32. The Morgan fingerprint density at radius 2 is 1.61 bits per heavy atom. The summed E-state index contributed by atoms with van der Waals surface area (Å²) in [6, 6.07) is 23.8. The van der Waals surface area contributed by atoms with E-state index < -0.39 is 27.8 Å². The average molecular weight is 619 g/mol. The number of hydrogen-bond donors (Lipinski definition) is 2. The lowest BCUT2D eigenvalue weighted by molar-refractivity contribution is -0.139. The Morgan fingerprint density at radius 3 is 2.23 bits per heavy atom. The number of aryl methyl sites for hydroxylation is 1. The maximum atomic E-state index is 13.6. The number of hydrogen-bond acceptors (Lipinski definition) is 5. The lowest BCUT2D eigenvalue weighted by Gasteiger charge is -2.42. The molecule has 0 radical (unpaired) electrons. The molecule has 1 atom stereocenters. The molecule has 0 spiro atoms. The smallest absolute Gasteiger partial charge is 0.326 e. The standard InChI is InChI=1S/C35H42N2O5S.CH4/c1-25-10-6-7-13-29(25)31-22-27(14-17-30(31)33(38)36-32(34(39)40)18-21-43(2,41)42)24-37(28-15-16-28)35(19-8-9-20-35)23-26-11-4-3-5-12-26;/h3-7,10-14,17,22,28,32H,8-9,15-16,18-21,23-24H2,1-2H3,(H,36,38)(H,39,40);1H4/t32-;/m0./s1. The first-order valence-electron chi connectivity index (χ1n) is 15.3.